The number of fused-ring (bicyclic) bond motifs is 8. The number of rotatable bonds is 7. The number of nitrogens with one attached hydrogen (secondary N) is 4. The summed E-state index contributed by atoms with van der Waals surface area (Å²) in [5.74, 6) is -1.85. The van der Waals surface area contributed by atoms with Crippen molar-refractivity contribution in [3.8, 4) is 0 Å². The SMILES string of the molecule is CCc1c2[nH]c(c1C)C=c1[nH]c(c(CCC(=O)O)c1C)=C(CC(=O)O)c1cc(C)c([nH]1)C=c1[nH]c(c(C)c1CC)=C2. The predicted octanol–water partition coefficient (Wildman–Crippen LogP) is 2.85. The number of H-pyrrole nitrogens is 4. The molecule has 0 unspecified atom stereocenters. The molecule has 0 saturated heterocycles. The number of hydrogen-bond acceptors (Lipinski definition) is 2. The highest BCUT2D eigenvalue weighted by molar-refractivity contribution is 5.83. The summed E-state index contributed by atoms with van der Waals surface area (Å²) in [6, 6.07) is 1.98. The van der Waals surface area contributed by atoms with Gasteiger partial charge in [0.2, 0.25) is 0 Å². The van der Waals surface area contributed by atoms with E-state index in [-0.39, 0.29) is 19.3 Å². The lowest BCUT2D eigenvalue weighted by Crippen LogP contribution is -2.19. The van der Waals surface area contributed by atoms with Gasteiger partial charge in [-0.25, -0.2) is 0 Å². The Hall–Kier alpha value is -4.46. The van der Waals surface area contributed by atoms with Gasteiger partial charge in [-0.05, 0) is 110 Å². The number of aryl methyl sites for hydroxylation is 1. The fourth-order valence-electron chi connectivity index (χ4n) is 6.19. The molecule has 0 saturated carbocycles. The van der Waals surface area contributed by atoms with Crippen molar-refractivity contribution >= 4 is 35.7 Å². The van der Waals surface area contributed by atoms with Crippen LogP contribution in [0.5, 0.6) is 0 Å². The molecule has 0 aliphatic carbocycles. The van der Waals surface area contributed by atoms with E-state index in [0.717, 1.165) is 68.2 Å². The van der Waals surface area contributed by atoms with Gasteiger partial charge in [0.25, 0.3) is 0 Å². The lowest BCUT2D eigenvalue weighted by Gasteiger charge is -2.05. The predicted molar refractivity (Wildman–Crippen MR) is 161 cm³/mol. The highest BCUT2D eigenvalue weighted by Crippen LogP contribution is 2.23. The largest absolute Gasteiger partial charge is 0.481 e. The van der Waals surface area contributed by atoms with E-state index in [4.69, 9.17) is 0 Å². The van der Waals surface area contributed by atoms with Gasteiger partial charge in [-0.1, -0.05) is 13.8 Å². The van der Waals surface area contributed by atoms with Crippen molar-refractivity contribution in [2.24, 2.45) is 0 Å². The summed E-state index contributed by atoms with van der Waals surface area (Å²) in [6.07, 6.45) is 8.10. The molecule has 41 heavy (non-hydrogen) atoms. The van der Waals surface area contributed by atoms with Crippen LogP contribution >= 0.6 is 0 Å². The third-order valence-corrected chi connectivity index (χ3v) is 8.49. The van der Waals surface area contributed by atoms with E-state index in [0.29, 0.717) is 16.6 Å². The Labute approximate surface area is 238 Å². The van der Waals surface area contributed by atoms with E-state index in [2.05, 4.69) is 65.9 Å². The number of carboxylic acids is 2. The quantitative estimate of drug-likeness (QED) is 0.209. The molecule has 0 amide bonds. The molecule has 5 rings (SSSR count). The monoisotopic (exact) mass is 554 g/mol. The first kappa shape index (κ1) is 28.1. The fourth-order valence-corrected chi connectivity index (χ4v) is 6.19. The Morgan fingerprint density at radius 3 is 1.98 bits per heavy atom. The highest BCUT2D eigenvalue weighted by atomic mass is 16.4. The number of carboxylic acid groups (broad SMARTS) is 2. The fraction of sp³-hybridized carbons (Fsp3) is 0.333. The van der Waals surface area contributed by atoms with Crippen LogP contribution in [0.3, 0.4) is 0 Å². The van der Waals surface area contributed by atoms with Crippen molar-refractivity contribution in [3.05, 3.63) is 89.2 Å². The maximum Gasteiger partial charge on any atom is 0.307 e. The maximum atomic E-state index is 12.1. The summed E-state index contributed by atoms with van der Waals surface area (Å²) in [6.45, 7) is 12.5. The first-order chi connectivity index (χ1) is 19.5. The summed E-state index contributed by atoms with van der Waals surface area (Å²) < 4.78 is 0. The second-order valence-electron chi connectivity index (χ2n) is 11.0. The zero-order valence-electron chi connectivity index (χ0n) is 24.6. The van der Waals surface area contributed by atoms with Gasteiger partial charge >= 0.3 is 11.9 Å². The number of hydrogen-bond donors (Lipinski definition) is 6. The van der Waals surface area contributed by atoms with E-state index < -0.39 is 11.9 Å². The molecule has 4 aromatic rings. The molecule has 1 aliphatic rings. The van der Waals surface area contributed by atoms with Gasteiger partial charge in [0.15, 0.2) is 0 Å². The van der Waals surface area contributed by atoms with Gasteiger partial charge in [-0.3, -0.25) is 9.59 Å². The summed E-state index contributed by atoms with van der Waals surface area (Å²) in [4.78, 5) is 38.0. The van der Waals surface area contributed by atoms with Crippen molar-refractivity contribution in [3.63, 3.8) is 0 Å². The van der Waals surface area contributed by atoms with Crippen molar-refractivity contribution in [1.82, 2.24) is 19.9 Å². The van der Waals surface area contributed by atoms with E-state index in [9.17, 15) is 19.8 Å². The maximum absolute atomic E-state index is 12.1. The van der Waals surface area contributed by atoms with Gasteiger partial charge < -0.3 is 30.1 Å². The summed E-state index contributed by atoms with van der Waals surface area (Å²) in [7, 11) is 0. The van der Waals surface area contributed by atoms with Crippen molar-refractivity contribution in [2.45, 2.75) is 73.6 Å². The molecular weight excluding hydrogens is 516 g/mol. The molecular formula is C33H38N4O4. The topological polar surface area (TPSA) is 138 Å². The van der Waals surface area contributed by atoms with Crippen LogP contribution in [0.4, 0.5) is 0 Å². The summed E-state index contributed by atoms with van der Waals surface area (Å²) >= 11 is 0. The molecule has 0 spiro atoms. The molecule has 6 N–H and O–H groups in total. The van der Waals surface area contributed by atoms with Gasteiger partial charge in [0.05, 0.1) is 6.42 Å². The van der Waals surface area contributed by atoms with Gasteiger partial charge in [-0.2, -0.15) is 0 Å². The van der Waals surface area contributed by atoms with Crippen molar-refractivity contribution in [2.75, 3.05) is 0 Å². The Bertz CT molecular complexity index is 1940. The van der Waals surface area contributed by atoms with Crippen LogP contribution in [0.1, 0.15) is 88.4 Å². The van der Waals surface area contributed by atoms with Crippen LogP contribution in [-0.2, 0) is 28.9 Å². The number of aromatic nitrogens is 4. The second-order valence-corrected chi connectivity index (χ2v) is 11.0. The molecule has 0 aromatic carbocycles. The molecule has 0 atom stereocenters. The smallest absolute Gasteiger partial charge is 0.307 e. The van der Waals surface area contributed by atoms with Crippen LogP contribution in [0.25, 0.3) is 23.8 Å². The lowest BCUT2D eigenvalue weighted by atomic mass is 10.0. The number of aliphatic carboxylic acids is 2. The Morgan fingerprint density at radius 2 is 1.32 bits per heavy atom. The Kier molecular flexibility index (Phi) is 7.43. The van der Waals surface area contributed by atoms with Crippen LogP contribution in [0.2, 0.25) is 0 Å². The standard InChI is InChI=1S/C33H38N4O4/c1-7-20-18(5)26-15-30-21(8-2)17(4)25(35-30)14-27-19(6)22(9-10-31(38)39)33(37-27)23(12-32(40)41)28-11-16(3)24(34-28)13-29(20)36-26/h11,13-15,34-37H,7-10,12H2,1-6H3,(H,38,39)(H,40,41). The highest BCUT2D eigenvalue weighted by Gasteiger charge is 2.19. The van der Waals surface area contributed by atoms with E-state index in [1.165, 1.54) is 16.7 Å². The van der Waals surface area contributed by atoms with Crippen LogP contribution < -0.4 is 21.4 Å². The molecule has 0 fully saturated rings. The molecule has 214 valence electrons. The van der Waals surface area contributed by atoms with Crippen LogP contribution in [-0.4, -0.2) is 42.1 Å². The molecule has 1 aliphatic heterocycles. The average Bonchev–Trinajstić information content (AvgIpc) is 3.60. The van der Waals surface area contributed by atoms with Gasteiger partial charge in [0.1, 0.15) is 0 Å². The molecule has 8 bridgehead atoms. The molecule has 8 nitrogen and oxygen atoms in total. The third kappa shape index (κ3) is 5.10. The first-order valence-electron chi connectivity index (χ1n) is 14.2. The number of carbonyl (C=O) groups is 2. The Morgan fingerprint density at radius 1 is 0.683 bits per heavy atom. The third-order valence-electron chi connectivity index (χ3n) is 8.49. The normalized spacial score (nSPS) is 12.6. The molecule has 5 heterocycles. The van der Waals surface area contributed by atoms with Crippen LogP contribution in [0, 0.1) is 27.7 Å². The molecule has 8 heteroatoms. The van der Waals surface area contributed by atoms with Crippen molar-refractivity contribution in [1.29, 1.82) is 0 Å². The summed E-state index contributed by atoms with van der Waals surface area (Å²) in [5.41, 5.74) is 11.8. The van der Waals surface area contributed by atoms with E-state index in [1.807, 2.05) is 19.9 Å². The second kappa shape index (κ2) is 10.8. The molecule has 0 radical (unpaired) electrons. The Balaban J connectivity index is 1.96. The van der Waals surface area contributed by atoms with Gasteiger partial charge in [0, 0.05) is 56.2 Å². The average molecular weight is 555 g/mol. The minimum Gasteiger partial charge on any atom is -0.481 e. The summed E-state index contributed by atoms with van der Waals surface area (Å²) in [5, 5.41) is 23.0. The lowest BCUT2D eigenvalue weighted by molar-refractivity contribution is -0.137. The number of aromatic amines is 4. The minimum absolute atomic E-state index is 0.0526. The van der Waals surface area contributed by atoms with Crippen molar-refractivity contribution < 1.29 is 19.8 Å². The van der Waals surface area contributed by atoms with E-state index >= 15 is 0 Å². The minimum atomic E-state index is -0.958. The zero-order valence-corrected chi connectivity index (χ0v) is 24.6. The van der Waals surface area contributed by atoms with Crippen LogP contribution in [0.15, 0.2) is 6.07 Å². The first-order valence-corrected chi connectivity index (χ1v) is 14.2. The molecule has 4 aromatic heterocycles. The zero-order chi connectivity index (χ0) is 29.6. The van der Waals surface area contributed by atoms with Gasteiger partial charge in [-0.15, -0.1) is 0 Å². The van der Waals surface area contributed by atoms with E-state index in [1.54, 1.807) is 0 Å².